The van der Waals surface area contributed by atoms with Crippen LogP contribution in [-0.2, 0) is 4.52 Å². The van der Waals surface area contributed by atoms with Gasteiger partial charge in [0.2, 0.25) is 0 Å². The van der Waals surface area contributed by atoms with Gasteiger partial charge in [-0.2, -0.15) is 0 Å². The Morgan fingerprint density at radius 2 is 1.38 bits per heavy atom. The molecule has 2 nitrogen and oxygen atoms in total. The fourth-order valence-corrected chi connectivity index (χ4v) is 5.19. The van der Waals surface area contributed by atoms with E-state index in [0.29, 0.717) is 6.61 Å². The average molecular weight is 399 g/mol. The zero-order valence-electron chi connectivity index (χ0n) is 16.4. The molecular formula is C26H26NOP. The van der Waals surface area contributed by atoms with Crippen LogP contribution in [0.1, 0.15) is 18.0 Å². The van der Waals surface area contributed by atoms with Crippen LogP contribution in [0.4, 0.5) is 0 Å². The van der Waals surface area contributed by atoms with Crippen LogP contribution in [0.2, 0.25) is 0 Å². The van der Waals surface area contributed by atoms with Crippen molar-refractivity contribution in [3.63, 3.8) is 0 Å². The lowest BCUT2D eigenvalue weighted by Crippen LogP contribution is -2.28. The quantitative estimate of drug-likeness (QED) is 0.495. The van der Waals surface area contributed by atoms with Crippen molar-refractivity contribution in [3.8, 4) is 0 Å². The number of rotatable bonds is 9. The summed E-state index contributed by atoms with van der Waals surface area (Å²) >= 11 is 0. The molecule has 0 aromatic heterocycles. The topological polar surface area (TPSA) is 21.3 Å². The molecule has 0 heterocycles. The highest BCUT2D eigenvalue weighted by Crippen LogP contribution is 2.36. The zero-order chi connectivity index (χ0) is 19.7. The highest BCUT2D eigenvalue weighted by atomic mass is 31.1. The predicted molar refractivity (Wildman–Crippen MR) is 124 cm³/mol. The van der Waals surface area contributed by atoms with E-state index in [2.05, 4.69) is 115 Å². The second-order valence-electron chi connectivity index (χ2n) is 7.06. The van der Waals surface area contributed by atoms with E-state index in [9.17, 15) is 0 Å². The van der Waals surface area contributed by atoms with Crippen LogP contribution in [0, 0.1) is 0 Å². The van der Waals surface area contributed by atoms with Crippen molar-refractivity contribution in [2.45, 2.75) is 12.5 Å². The molecule has 3 heteroatoms. The van der Waals surface area contributed by atoms with Gasteiger partial charge in [-0.15, -0.1) is 0 Å². The number of benzene rings is 3. The van der Waals surface area contributed by atoms with Gasteiger partial charge >= 0.3 is 0 Å². The van der Waals surface area contributed by atoms with E-state index >= 15 is 0 Å². The number of allylic oxidation sites excluding steroid dienone is 3. The molecule has 3 aromatic carbocycles. The van der Waals surface area contributed by atoms with Crippen molar-refractivity contribution in [1.29, 1.82) is 0 Å². The Kier molecular flexibility index (Phi) is 7.04. The molecule has 0 unspecified atom stereocenters. The molecule has 146 valence electrons. The van der Waals surface area contributed by atoms with E-state index in [0.717, 1.165) is 13.0 Å². The van der Waals surface area contributed by atoms with Crippen LogP contribution in [0.3, 0.4) is 0 Å². The largest absolute Gasteiger partial charge is 0.348 e. The molecule has 1 aliphatic carbocycles. The summed E-state index contributed by atoms with van der Waals surface area (Å²) in [5.74, 6) is 0. The highest BCUT2D eigenvalue weighted by molar-refractivity contribution is 7.68. The van der Waals surface area contributed by atoms with E-state index in [1.807, 2.05) is 0 Å². The van der Waals surface area contributed by atoms with Gasteiger partial charge in [0.05, 0.1) is 20.8 Å². The van der Waals surface area contributed by atoms with E-state index in [1.54, 1.807) is 0 Å². The van der Waals surface area contributed by atoms with Crippen molar-refractivity contribution in [2.24, 2.45) is 0 Å². The molecule has 0 aliphatic heterocycles. The number of hydrogen-bond donors (Lipinski definition) is 1. The van der Waals surface area contributed by atoms with Gasteiger partial charge in [-0.25, -0.2) is 0 Å². The Morgan fingerprint density at radius 1 is 0.793 bits per heavy atom. The van der Waals surface area contributed by atoms with Crippen molar-refractivity contribution in [3.05, 3.63) is 120 Å². The first-order valence-corrected chi connectivity index (χ1v) is 11.3. The fraction of sp³-hybridized carbons (Fsp3) is 0.154. The summed E-state index contributed by atoms with van der Waals surface area (Å²) in [6.07, 6.45) is 7.58. The second kappa shape index (κ2) is 10.3. The first-order valence-electron chi connectivity index (χ1n) is 10.1. The Morgan fingerprint density at radius 3 is 1.93 bits per heavy atom. The lowest BCUT2D eigenvalue weighted by Gasteiger charge is -2.24. The summed E-state index contributed by atoms with van der Waals surface area (Å²) in [4.78, 5) is 0. The molecule has 0 saturated carbocycles. The third kappa shape index (κ3) is 5.52. The maximum atomic E-state index is 6.61. The average Bonchev–Trinajstić information content (AvgIpc) is 3.32. The van der Waals surface area contributed by atoms with Crippen LogP contribution in [0.5, 0.6) is 0 Å². The third-order valence-electron chi connectivity index (χ3n) is 4.98. The molecule has 0 radical (unpaired) electrons. The number of hydrogen-bond acceptors (Lipinski definition) is 2. The first-order chi connectivity index (χ1) is 14.4. The minimum Gasteiger partial charge on any atom is -0.348 e. The maximum absolute atomic E-state index is 6.61. The summed E-state index contributed by atoms with van der Waals surface area (Å²) in [5.41, 5.74) is 2.68. The van der Waals surface area contributed by atoms with Gasteiger partial charge in [0.25, 0.3) is 0 Å². The number of nitrogens with one attached hydrogen (secondary N) is 1. The standard InChI is InChI=1S/C26H26NOP/c1-4-14-23(15-5-1)26(27-20-22-12-10-11-13-22)21-28-29(24-16-6-2-7-17-24)25-18-8-3-9-19-25/h1-12,14-19,26-27H,13,20-21H2/t26-/m1/s1. The second-order valence-corrected chi connectivity index (χ2v) is 8.94. The molecule has 1 aliphatic rings. The lowest BCUT2D eigenvalue weighted by molar-refractivity contribution is 0.301. The molecule has 1 N–H and O–H groups in total. The van der Waals surface area contributed by atoms with Crippen LogP contribution < -0.4 is 15.9 Å². The maximum Gasteiger partial charge on any atom is 0.0918 e. The SMILES string of the molecule is C1=CCC(CN[C@H](COP(c2ccccc2)c2ccccc2)c2ccccc2)=C1. The molecule has 0 fully saturated rings. The molecule has 3 aromatic rings. The van der Waals surface area contributed by atoms with Gasteiger partial charge in [0.15, 0.2) is 0 Å². The van der Waals surface area contributed by atoms with Crippen LogP contribution in [0.15, 0.2) is 115 Å². The van der Waals surface area contributed by atoms with E-state index in [1.165, 1.54) is 21.7 Å². The van der Waals surface area contributed by atoms with Crippen molar-refractivity contribution in [1.82, 2.24) is 5.32 Å². The smallest absolute Gasteiger partial charge is 0.0918 e. The normalized spacial score (nSPS) is 14.2. The third-order valence-corrected chi connectivity index (χ3v) is 6.92. The van der Waals surface area contributed by atoms with Gasteiger partial charge in [0, 0.05) is 17.2 Å². The lowest BCUT2D eigenvalue weighted by atomic mass is 10.1. The molecule has 0 spiro atoms. The summed E-state index contributed by atoms with van der Waals surface area (Å²) < 4.78 is 6.61. The van der Waals surface area contributed by atoms with E-state index in [4.69, 9.17) is 4.52 Å². The van der Waals surface area contributed by atoms with Crippen LogP contribution in [-0.4, -0.2) is 13.2 Å². The van der Waals surface area contributed by atoms with Crippen LogP contribution in [0.25, 0.3) is 0 Å². The van der Waals surface area contributed by atoms with Gasteiger partial charge in [0.1, 0.15) is 0 Å². The molecule has 0 bridgehead atoms. The Labute approximate surface area is 174 Å². The van der Waals surface area contributed by atoms with E-state index < -0.39 is 8.15 Å². The highest BCUT2D eigenvalue weighted by Gasteiger charge is 2.19. The van der Waals surface area contributed by atoms with Gasteiger partial charge < -0.3 is 9.84 Å². The Bertz CT molecular complexity index is 899. The molecule has 0 saturated heterocycles. The summed E-state index contributed by atoms with van der Waals surface area (Å²) in [7, 11) is -0.862. The molecule has 1 atom stereocenters. The monoisotopic (exact) mass is 399 g/mol. The zero-order valence-corrected chi connectivity index (χ0v) is 17.3. The molecule has 4 rings (SSSR count). The molecular weight excluding hydrogens is 373 g/mol. The Balaban J connectivity index is 1.51. The predicted octanol–water partition coefficient (Wildman–Crippen LogP) is 5.27. The Hall–Kier alpha value is -2.51. The van der Waals surface area contributed by atoms with E-state index in [-0.39, 0.29) is 6.04 Å². The van der Waals surface area contributed by atoms with Crippen LogP contribution >= 0.6 is 8.15 Å². The minimum absolute atomic E-state index is 0.148. The first kappa shape index (κ1) is 19.8. The molecule has 29 heavy (non-hydrogen) atoms. The van der Waals surface area contributed by atoms with Gasteiger partial charge in [-0.1, -0.05) is 115 Å². The van der Waals surface area contributed by atoms with Crippen molar-refractivity contribution >= 4 is 18.8 Å². The fourth-order valence-electron chi connectivity index (χ4n) is 3.41. The van der Waals surface area contributed by atoms with Gasteiger partial charge in [-0.3, -0.25) is 0 Å². The van der Waals surface area contributed by atoms with Gasteiger partial charge in [-0.05, 0) is 12.0 Å². The van der Waals surface area contributed by atoms with Crippen molar-refractivity contribution in [2.75, 3.05) is 13.2 Å². The molecule has 0 amide bonds. The summed E-state index contributed by atoms with van der Waals surface area (Å²) in [6.45, 7) is 1.50. The van der Waals surface area contributed by atoms with Crippen molar-refractivity contribution < 1.29 is 4.52 Å². The summed E-state index contributed by atoms with van der Waals surface area (Å²) in [5, 5.41) is 6.19. The summed E-state index contributed by atoms with van der Waals surface area (Å²) in [6, 6.07) is 31.9. The minimum atomic E-state index is -0.862.